The van der Waals surface area contributed by atoms with E-state index in [1.54, 1.807) is 35.8 Å². The van der Waals surface area contributed by atoms with Crippen molar-refractivity contribution in [1.82, 2.24) is 15.0 Å². The summed E-state index contributed by atoms with van der Waals surface area (Å²) in [5, 5.41) is 13.4. The number of rotatable bonds is 7. The quantitative estimate of drug-likeness (QED) is 0.317. The molecule has 0 aliphatic carbocycles. The third-order valence-electron chi connectivity index (χ3n) is 4.01. The van der Waals surface area contributed by atoms with Gasteiger partial charge in [0.05, 0.1) is 35.1 Å². The zero-order valence-corrected chi connectivity index (χ0v) is 16.4. The average molecular weight is 407 g/mol. The van der Waals surface area contributed by atoms with Crippen molar-refractivity contribution >= 4 is 51.5 Å². The van der Waals surface area contributed by atoms with Gasteiger partial charge in [0.25, 0.3) is 5.91 Å². The molecule has 9 heteroatoms. The van der Waals surface area contributed by atoms with E-state index in [1.807, 2.05) is 30.5 Å². The smallest absolute Gasteiger partial charge is 0.293 e. The van der Waals surface area contributed by atoms with Crippen LogP contribution < -0.4 is 10.8 Å². The number of hydrogen-bond acceptors (Lipinski definition) is 6. The number of fused-ring (bicyclic) bond motifs is 1. The molecule has 3 aromatic rings. The Morgan fingerprint density at radius 1 is 1.41 bits per heavy atom. The summed E-state index contributed by atoms with van der Waals surface area (Å²) >= 11 is 8.00. The molecule has 0 radical (unpaired) electrons. The van der Waals surface area contributed by atoms with Gasteiger partial charge in [-0.05, 0) is 30.5 Å². The Hall–Kier alpha value is -2.26. The number of hydroxylamine groups is 1. The second-order valence-electron chi connectivity index (χ2n) is 5.65. The number of benzene rings is 1. The van der Waals surface area contributed by atoms with E-state index in [-0.39, 0.29) is 13.2 Å². The van der Waals surface area contributed by atoms with Crippen LogP contribution >= 0.6 is 23.4 Å². The van der Waals surface area contributed by atoms with Crippen molar-refractivity contribution in [3.05, 3.63) is 47.4 Å². The molecule has 0 unspecified atom stereocenters. The number of hydrogen-bond donors (Lipinski definition) is 3. The van der Waals surface area contributed by atoms with Gasteiger partial charge in [0, 0.05) is 29.7 Å². The first-order valence-electron chi connectivity index (χ1n) is 8.12. The van der Waals surface area contributed by atoms with E-state index in [9.17, 15) is 4.79 Å². The van der Waals surface area contributed by atoms with Crippen LogP contribution in [0.5, 0.6) is 0 Å². The maximum Gasteiger partial charge on any atom is 0.293 e. The Bertz CT molecular complexity index is 977. The van der Waals surface area contributed by atoms with E-state index in [0.29, 0.717) is 22.1 Å². The number of carbonyl (C=O) groups is 1. The van der Waals surface area contributed by atoms with Gasteiger partial charge in [0.15, 0.2) is 0 Å². The Morgan fingerprint density at radius 3 is 2.93 bits per heavy atom. The standard InChI is InChI=1S/C18H19ClN4O3S/c1-23-15-5-6-20-10-12(15)16(17(23)18(25)22-26-8-7-24)21-14-4-3-11(27-2)9-13(14)19/h3-6,9-10,21,24H,7-8H2,1-2H3,(H,22,25). The maximum absolute atomic E-state index is 12.7. The van der Waals surface area contributed by atoms with Crippen LogP contribution in [-0.4, -0.2) is 40.0 Å². The van der Waals surface area contributed by atoms with Crippen LogP contribution in [-0.2, 0) is 11.9 Å². The first-order valence-corrected chi connectivity index (χ1v) is 9.73. The van der Waals surface area contributed by atoms with Crippen LogP contribution in [0.25, 0.3) is 10.9 Å². The second-order valence-corrected chi connectivity index (χ2v) is 6.94. The fourth-order valence-electron chi connectivity index (χ4n) is 2.75. The fourth-order valence-corrected chi connectivity index (χ4v) is 3.48. The van der Waals surface area contributed by atoms with E-state index < -0.39 is 5.91 Å². The second kappa shape index (κ2) is 8.62. The number of halogens is 1. The summed E-state index contributed by atoms with van der Waals surface area (Å²) in [6.07, 6.45) is 5.33. The number of nitrogens with zero attached hydrogens (tertiary/aromatic N) is 2. The van der Waals surface area contributed by atoms with E-state index in [0.717, 1.165) is 15.8 Å². The number of pyridine rings is 1. The molecule has 0 saturated carbocycles. The van der Waals surface area contributed by atoms with Crippen LogP contribution in [0.15, 0.2) is 41.6 Å². The van der Waals surface area contributed by atoms with Gasteiger partial charge in [-0.25, -0.2) is 5.48 Å². The average Bonchev–Trinajstić information content (AvgIpc) is 2.96. The highest BCUT2D eigenvalue weighted by Gasteiger charge is 2.22. The summed E-state index contributed by atoms with van der Waals surface area (Å²) in [5.41, 5.74) is 4.79. The number of thioether (sulfide) groups is 1. The lowest BCUT2D eigenvalue weighted by Gasteiger charge is -2.12. The molecular weight excluding hydrogens is 388 g/mol. The van der Waals surface area contributed by atoms with Gasteiger partial charge in [0.2, 0.25) is 0 Å². The monoisotopic (exact) mass is 406 g/mol. The topological polar surface area (TPSA) is 88.4 Å². The highest BCUT2D eigenvalue weighted by atomic mass is 35.5. The molecule has 142 valence electrons. The number of carbonyl (C=O) groups excluding carboxylic acids is 1. The van der Waals surface area contributed by atoms with Gasteiger partial charge >= 0.3 is 0 Å². The van der Waals surface area contributed by atoms with Crippen LogP contribution in [0.2, 0.25) is 5.02 Å². The molecule has 0 saturated heterocycles. The van der Waals surface area contributed by atoms with Crippen LogP contribution in [0.3, 0.4) is 0 Å². The van der Waals surface area contributed by atoms with Crippen molar-refractivity contribution in [3.63, 3.8) is 0 Å². The van der Waals surface area contributed by atoms with E-state index >= 15 is 0 Å². The first kappa shape index (κ1) is 19.5. The Morgan fingerprint density at radius 2 is 2.22 bits per heavy atom. The summed E-state index contributed by atoms with van der Waals surface area (Å²) in [5.74, 6) is -0.443. The fraction of sp³-hybridized carbons (Fsp3) is 0.222. The molecule has 0 atom stereocenters. The Balaban J connectivity index is 2.05. The number of aliphatic hydroxyl groups excluding tert-OH is 1. The largest absolute Gasteiger partial charge is 0.394 e. The summed E-state index contributed by atoms with van der Waals surface area (Å²) in [6.45, 7) is -0.191. The summed E-state index contributed by atoms with van der Waals surface area (Å²) in [7, 11) is 1.78. The predicted octanol–water partition coefficient (Wildman–Crippen LogP) is 3.35. The zero-order chi connectivity index (χ0) is 19.4. The normalized spacial score (nSPS) is 11.0. The molecule has 3 N–H and O–H groups in total. The van der Waals surface area contributed by atoms with Crippen LogP contribution in [0.1, 0.15) is 10.5 Å². The van der Waals surface area contributed by atoms with Gasteiger partial charge in [0.1, 0.15) is 5.69 Å². The van der Waals surface area contributed by atoms with Gasteiger partial charge in [-0.2, -0.15) is 0 Å². The SMILES string of the molecule is CSc1ccc(Nc2c(C(=O)NOCCO)n(C)c3ccncc23)c(Cl)c1. The molecule has 7 nitrogen and oxygen atoms in total. The van der Waals surface area contributed by atoms with Crippen LogP contribution in [0.4, 0.5) is 11.4 Å². The number of amides is 1. The van der Waals surface area contributed by atoms with E-state index in [4.69, 9.17) is 21.5 Å². The number of aromatic nitrogens is 2. The summed E-state index contributed by atoms with van der Waals surface area (Å²) in [4.78, 5) is 22.9. The summed E-state index contributed by atoms with van der Waals surface area (Å²) in [6, 6.07) is 7.51. The predicted molar refractivity (Wildman–Crippen MR) is 108 cm³/mol. The molecule has 1 aromatic carbocycles. The molecule has 2 heterocycles. The molecule has 0 spiro atoms. The van der Waals surface area contributed by atoms with Crippen molar-refractivity contribution in [2.45, 2.75) is 4.90 Å². The molecule has 0 bridgehead atoms. The lowest BCUT2D eigenvalue weighted by Crippen LogP contribution is -2.27. The molecule has 0 aliphatic rings. The van der Waals surface area contributed by atoms with Crippen LogP contribution in [0, 0.1) is 0 Å². The molecule has 27 heavy (non-hydrogen) atoms. The van der Waals surface area contributed by atoms with Crippen molar-refractivity contribution in [3.8, 4) is 0 Å². The van der Waals surface area contributed by atoms with Gasteiger partial charge in [-0.15, -0.1) is 11.8 Å². The number of anilines is 2. The summed E-state index contributed by atoms with van der Waals surface area (Å²) < 4.78 is 1.75. The van der Waals surface area contributed by atoms with Crippen molar-refractivity contribution in [1.29, 1.82) is 0 Å². The van der Waals surface area contributed by atoms with Crippen molar-refractivity contribution in [2.24, 2.45) is 7.05 Å². The highest BCUT2D eigenvalue weighted by Crippen LogP contribution is 2.35. The molecule has 0 fully saturated rings. The van der Waals surface area contributed by atoms with E-state index in [1.165, 1.54) is 0 Å². The first-order chi connectivity index (χ1) is 13.1. The number of aliphatic hydroxyl groups is 1. The minimum atomic E-state index is -0.443. The van der Waals surface area contributed by atoms with Crippen molar-refractivity contribution < 1.29 is 14.7 Å². The number of aryl methyl sites for hydroxylation is 1. The molecule has 0 aliphatic heterocycles. The lowest BCUT2D eigenvalue weighted by molar-refractivity contribution is 0.0163. The van der Waals surface area contributed by atoms with Crippen molar-refractivity contribution in [2.75, 3.05) is 24.8 Å². The molecule has 1 amide bonds. The third-order valence-corrected chi connectivity index (χ3v) is 5.05. The third kappa shape index (κ3) is 4.03. The molecule has 2 aromatic heterocycles. The molecule has 3 rings (SSSR count). The Labute approximate surface area is 165 Å². The lowest BCUT2D eigenvalue weighted by atomic mass is 10.2. The minimum Gasteiger partial charge on any atom is -0.394 e. The van der Waals surface area contributed by atoms with Gasteiger partial charge in [-0.3, -0.25) is 14.6 Å². The number of nitrogens with one attached hydrogen (secondary N) is 2. The van der Waals surface area contributed by atoms with E-state index in [2.05, 4.69) is 15.8 Å². The zero-order valence-electron chi connectivity index (χ0n) is 14.8. The Kier molecular flexibility index (Phi) is 6.22. The molecular formula is C18H19ClN4O3S. The minimum absolute atomic E-state index is 0.00196. The van der Waals surface area contributed by atoms with Gasteiger partial charge in [-0.1, -0.05) is 11.6 Å². The van der Waals surface area contributed by atoms with Gasteiger partial charge < -0.3 is 15.0 Å². The highest BCUT2D eigenvalue weighted by molar-refractivity contribution is 7.98. The maximum atomic E-state index is 12.7.